The van der Waals surface area contributed by atoms with Gasteiger partial charge in [0.1, 0.15) is 0 Å². The second-order valence-corrected chi connectivity index (χ2v) is 13.5. The van der Waals surface area contributed by atoms with Crippen LogP contribution in [0.3, 0.4) is 0 Å². The summed E-state index contributed by atoms with van der Waals surface area (Å²) in [4.78, 5) is 0. The van der Waals surface area contributed by atoms with Crippen LogP contribution < -0.4 is 10.4 Å². The molecule has 0 aliphatic heterocycles. The van der Waals surface area contributed by atoms with Crippen molar-refractivity contribution in [3.63, 3.8) is 0 Å². The van der Waals surface area contributed by atoms with Crippen molar-refractivity contribution in [1.29, 1.82) is 0 Å². The van der Waals surface area contributed by atoms with E-state index in [-0.39, 0.29) is 5.04 Å². The molecule has 0 spiro atoms. The molecule has 0 aromatic heterocycles. The molecule has 0 bridgehead atoms. The Morgan fingerprint density at radius 2 is 1.50 bits per heavy atom. The van der Waals surface area contributed by atoms with Crippen molar-refractivity contribution >= 4 is 18.7 Å². The van der Waals surface area contributed by atoms with Gasteiger partial charge in [0, 0.05) is 6.10 Å². The van der Waals surface area contributed by atoms with Gasteiger partial charge >= 0.3 is 0 Å². The molecule has 0 saturated heterocycles. The van der Waals surface area contributed by atoms with Crippen LogP contribution in [0.15, 0.2) is 72.8 Å². The number of hydrogen-bond acceptors (Lipinski definition) is 1. The molecule has 2 unspecified atom stereocenters. The Bertz CT molecular complexity index is 706. The molecule has 1 nitrogen and oxygen atoms in total. The SMILES string of the molecule is C/C=C/CC1CCCC(O[Si](c2ccccc2)(c2ccccc2)C(C)(C)C)C1. The molecule has 0 N–H and O–H groups in total. The average Bonchev–Trinajstić information content (AvgIpc) is 2.71. The minimum atomic E-state index is -2.42. The lowest BCUT2D eigenvalue weighted by atomic mass is 9.85. The Labute approximate surface area is 173 Å². The van der Waals surface area contributed by atoms with Gasteiger partial charge in [-0.2, -0.15) is 0 Å². The van der Waals surface area contributed by atoms with E-state index >= 15 is 0 Å². The largest absolute Gasteiger partial charge is 0.404 e. The fraction of sp³-hybridized carbons (Fsp3) is 0.462. The Kier molecular flexibility index (Phi) is 6.95. The van der Waals surface area contributed by atoms with Crippen molar-refractivity contribution in [3.05, 3.63) is 72.8 Å². The second kappa shape index (κ2) is 9.24. The molecule has 1 aliphatic carbocycles. The molecule has 1 saturated carbocycles. The number of rotatable bonds is 6. The van der Waals surface area contributed by atoms with Crippen LogP contribution in [0.4, 0.5) is 0 Å². The quantitative estimate of drug-likeness (QED) is 0.427. The van der Waals surface area contributed by atoms with Gasteiger partial charge in [-0.3, -0.25) is 0 Å². The molecule has 3 rings (SSSR count). The van der Waals surface area contributed by atoms with E-state index in [0.717, 1.165) is 5.92 Å². The first kappa shape index (κ1) is 21.1. The molecule has 1 fully saturated rings. The van der Waals surface area contributed by atoms with E-state index in [1.165, 1.54) is 42.5 Å². The molecule has 28 heavy (non-hydrogen) atoms. The van der Waals surface area contributed by atoms with E-state index in [1.54, 1.807) is 0 Å². The Balaban J connectivity index is 2.01. The van der Waals surface area contributed by atoms with Crippen LogP contribution in [0, 0.1) is 5.92 Å². The number of hydrogen-bond donors (Lipinski definition) is 0. The summed E-state index contributed by atoms with van der Waals surface area (Å²) in [6.45, 7) is 9.25. The fourth-order valence-corrected chi connectivity index (χ4v) is 9.56. The van der Waals surface area contributed by atoms with Gasteiger partial charge in [-0.05, 0) is 53.9 Å². The zero-order valence-electron chi connectivity index (χ0n) is 18.0. The molecular weight excluding hydrogens is 356 g/mol. The highest BCUT2D eigenvalue weighted by Gasteiger charge is 2.51. The van der Waals surface area contributed by atoms with Crippen LogP contribution in [-0.4, -0.2) is 14.4 Å². The summed E-state index contributed by atoms with van der Waals surface area (Å²) >= 11 is 0. The van der Waals surface area contributed by atoms with Crippen LogP contribution >= 0.6 is 0 Å². The van der Waals surface area contributed by atoms with Gasteiger partial charge < -0.3 is 4.43 Å². The molecule has 0 heterocycles. The van der Waals surface area contributed by atoms with Crippen molar-refractivity contribution in [1.82, 2.24) is 0 Å². The van der Waals surface area contributed by atoms with Gasteiger partial charge in [-0.25, -0.2) is 0 Å². The van der Waals surface area contributed by atoms with E-state index < -0.39 is 8.32 Å². The topological polar surface area (TPSA) is 9.23 Å². The number of benzene rings is 2. The third-order valence-corrected chi connectivity index (χ3v) is 11.3. The first-order valence-corrected chi connectivity index (χ1v) is 12.8. The molecular formula is C26H36OSi. The lowest BCUT2D eigenvalue weighted by Gasteiger charge is -2.46. The summed E-state index contributed by atoms with van der Waals surface area (Å²) in [6, 6.07) is 22.1. The summed E-state index contributed by atoms with van der Waals surface area (Å²) in [5.74, 6) is 0.758. The standard InChI is InChI=1S/C26H36OSi/c1-5-6-14-22-15-13-16-23(21-22)27-28(26(2,3)4,24-17-9-7-10-18-24)25-19-11-8-12-20-25/h5-12,17-20,22-23H,13-16,21H2,1-4H3/b6-5+. The Morgan fingerprint density at radius 1 is 0.929 bits per heavy atom. The van der Waals surface area contributed by atoms with Crippen LogP contribution in [-0.2, 0) is 4.43 Å². The van der Waals surface area contributed by atoms with Crippen LogP contribution in [0.2, 0.25) is 5.04 Å². The Hall–Kier alpha value is -1.64. The second-order valence-electron chi connectivity index (χ2n) is 9.24. The van der Waals surface area contributed by atoms with Gasteiger partial charge in [0.05, 0.1) is 0 Å². The van der Waals surface area contributed by atoms with Gasteiger partial charge in [0.2, 0.25) is 0 Å². The minimum Gasteiger partial charge on any atom is -0.404 e. The third-order valence-electron chi connectivity index (χ3n) is 6.20. The van der Waals surface area contributed by atoms with Crippen LogP contribution in [0.1, 0.15) is 59.8 Å². The lowest BCUT2D eigenvalue weighted by Crippen LogP contribution is -2.67. The maximum atomic E-state index is 7.34. The van der Waals surface area contributed by atoms with E-state index in [0.29, 0.717) is 6.10 Å². The van der Waals surface area contributed by atoms with Crippen molar-refractivity contribution in [2.75, 3.05) is 0 Å². The molecule has 2 atom stereocenters. The zero-order chi connectivity index (χ0) is 20.0. The van der Waals surface area contributed by atoms with Gasteiger partial charge in [-0.1, -0.05) is 100 Å². The first-order chi connectivity index (χ1) is 13.5. The van der Waals surface area contributed by atoms with Crippen molar-refractivity contribution in [3.8, 4) is 0 Å². The summed E-state index contributed by atoms with van der Waals surface area (Å²) in [5, 5.41) is 2.85. The molecule has 0 amide bonds. The monoisotopic (exact) mass is 392 g/mol. The molecule has 1 aliphatic rings. The first-order valence-electron chi connectivity index (χ1n) is 10.9. The van der Waals surface area contributed by atoms with Crippen LogP contribution in [0.5, 0.6) is 0 Å². The van der Waals surface area contributed by atoms with E-state index in [9.17, 15) is 0 Å². The molecule has 150 valence electrons. The fourth-order valence-electron chi connectivity index (χ4n) is 4.83. The summed E-state index contributed by atoms with van der Waals surface area (Å²) < 4.78 is 7.34. The van der Waals surface area contributed by atoms with E-state index in [1.807, 2.05) is 0 Å². The predicted molar refractivity (Wildman–Crippen MR) is 124 cm³/mol. The van der Waals surface area contributed by atoms with Crippen molar-refractivity contribution in [2.24, 2.45) is 5.92 Å². The maximum Gasteiger partial charge on any atom is 0.261 e. The summed E-state index contributed by atoms with van der Waals surface area (Å²) in [7, 11) is -2.42. The number of allylic oxidation sites excluding steroid dienone is 2. The van der Waals surface area contributed by atoms with Gasteiger partial charge in [-0.15, -0.1) is 0 Å². The van der Waals surface area contributed by atoms with Crippen molar-refractivity contribution < 1.29 is 4.43 Å². The normalized spacial score (nSPS) is 21.1. The van der Waals surface area contributed by atoms with Crippen LogP contribution in [0.25, 0.3) is 0 Å². The van der Waals surface area contributed by atoms with Crippen molar-refractivity contribution in [2.45, 2.75) is 70.9 Å². The highest BCUT2D eigenvalue weighted by atomic mass is 28.4. The average molecular weight is 393 g/mol. The highest BCUT2D eigenvalue weighted by Crippen LogP contribution is 2.40. The highest BCUT2D eigenvalue weighted by molar-refractivity contribution is 6.99. The maximum absolute atomic E-state index is 7.34. The zero-order valence-corrected chi connectivity index (χ0v) is 19.0. The molecule has 2 aromatic carbocycles. The Morgan fingerprint density at radius 3 is 2.00 bits per heavy atom. The summed E-state index contributed by atoms with van der Waals surface area (Å²) in [6.07, 6.45) is 11.1. The van der Waals surface area contributed by atoms with Gasteiger partial charge in [0.25, 0.3) is 8.32 Å². The molecule has 2 heteroatoms. The smallest absolute Gasteiger partial charge is 0.261 e. The summed E-state index contributed by atoms with van der Waals surface area (Å²) in [5.41, 5.74) is 0. The third kappa shape index (κ3) is 4.50. The molecule has 2 aromatic rings. The van der Waals surface area contributed by atoms with E-state index in [4.69, 9.17) is 4.43 Å². The van der Waals surface area contributed by atoms with E-state index in [2.05, 4.69) is 101 Å². The van der Waals surface area contributed by atoms with Gasteiger partial charge in [0.15, 0.2) is 0 Å². The predicted octanol–water partition coefficient (Wildman–Crippen LogP) is 6.09. The molecule has 0 radical (unpaired) electrons. The lowest BCUT2D eigenvalue weighted by molar-refractivity contribution is 0.114. The minimum absolute atomic E-state index is 0.0615.